The summed E-state index contributed by atoms with van der Waals surface area (Å²) in [6, 6.07) is 16.0. The van der Waals surface area contributed by atoms with E-state index in [4.69, 9.17) is 9.47 Å². The van der Waals surface area contributed by atoms with Gasteiger partial charge in [0.25, 0.3) is 0 Å². The molecule has 0 atom stereocenters. The van der Waals surface area contributed by atoms with Crippen molar-refractivity contribution in [3.8, 4) is 11.5 Å². The summed E-state index contributed by atoms with van der Waals surface area (Å²) < 4.78 is 11.3. The molecule has 31 heavy (non-hydrogen) atoms. The van der Waals surface area contributed by atoms with Crippen LogP contribution in [-0.2, 0) is 0 Å². The van der Waals surface area contributed by atoms with Crippen molar-refractivity contribution in [3.05, 3.63) is 48.5 Å². The van der Waals surface area contributed by atoms with E-state index >= 15 is 0 Å². The maximum atomic E-state index is 5.76. The zero-order valence-corrected chi connectivity index (χ0v) is 19.7. The second kappa shape index (κ2) is 13.7. The third-order valence-electron chi connectivity index (χ3n) is 5.10. The van der Waals surface area contributed by atoms with Gasteiger partial charge < -0.3 is 29.9 Å². The minimum Gasteiger partial charge on any atom is -0.492 e. The van der Waals surface area contributed by atoms with E-state index in [1.54, 1.807) is 0 Å². The molecule has 2 N–H and O–H groups in total. The zero-order chi connectivity index (χ0) is 22.5. The number of likely N-dealkylation sites (N-methyl/N-ethyl adjacent to an activating group) is 2. The predicted octanol–water partition coefficient (Wildman–Crippen LogP) is 2.98. The maximum absolute atomic E-state index is 5.76. The molecule has 0 bridgehead atoms. The molecule has 3 rings (SSSR count). The van der Waals surface area contributed by atoms with Crippen molar-refractivity contribution >= 4 is 11.4 Å². The minimum atomic E-state index is 0.687. The van der Waals surface area contributed by atoms with Crippen molar-refractivity contribution in [2.75, 3.05) is 91.9 Å². The summed E-state index contributed by atoms with van der Waals surface area (Å²) >= 11 is 0. The predicted molar refractivity (Wildman–Crippen MR) is 131 cm³/mol. The molecule has 1 fully saturated rings. The molecule has 1 aliphatic rings. The summed E-state index contributed by atoms with van der Waals surface area (Å²) in [7, 11) is 10.1. The Morgan fingerprint density at radius 3 is 1.71 bits per heavy atom. The van der Waals surface area contributed by atoms with Gasteiger partial charge in [0.1, 0.15) is 24.8 Å². The molecule has 0 spiro atoms. The Bertz CT molecular complexity index is 714. The molecule has 0 amide bonds. The summed E-state index contributed by atoms with van der Waals surface area (Å²) in [6.07, 6.45) is 0. The Kier molecular flexibility index (Phi) is 11.0. The highest BCUT2D eigenvalue weighted by Crippen LogP contribution is 2.16. The Balaban J connectivity index is 0.000000225. The van der Waals surface area contributed by atoms with Gasteiger partial charge in [-0.05, 0) is 69.7 Å². The summed E-state index contributed by atoms with van der Waals surface area (Å²) in [5, 5.41) is 6.16. The molecule has 172 valence electrons. The molecule has 1 heterocycles. The highest BCUT2D eigenvalue weighted by molar-refractivity contribution is 5.46. The summed E-state index contributed by atoms with van der Waals surface area (Å²) in [4.78, 5) is 6.78. The van der Waals surface area contributed by atoms with Gasteiger partial charge in [-0.2, -0.15) is 0 Å². The van der Waals surface area contributed by atoms with E-state index in [2.05, 4.69) is 32.4 Å². The smallest absolute Gasteiger partial charge is 0.142 e. The number of ether oxygens (including phenoxy) is 2. The number of piperazine rings is 1. The van der Waals surface area contributed by atoms with Gasteiger partial charge in [0.2, 0.25) is 0 Å². The van der Waals surface area contributed by atoms with Crippen LogP contribution in [0.15, 0.2) is 48.5 Å². The number of nitrogens with zero attached hydrogens (tertiary/aromatic N) is 3. The molecule has 7 heteroatoms. The van der Waals surface area contributed by atoms with Crippen molar-refractivity contribution in [1.29, 1.82) is 0 Å². The Morgan fingerprint density at radius 1 is 0.774 bits per heavy atom. The van der Waals surface area contributed by atoms with Crippen molar-refractivity contribution in [2.45, 2.75) is 0 Å². The van der Waals surface area contributed by atoms with Crippen LogP contribution in [0.5, 0.6) is 11.5 Å². The van der Waals surface area contributed by atoms with Gasteiger partial charge in [0.05, 0.1) is 0 Å². The van der Waals surface area contributed by atoms with Crippen molar-refractivity contribution in [2.24, 2.45) is 0 Å². The van der Waals surface area contributed by atoms with Crippen LogP contribution >= 0.6 is 0 Å². The van der Waals surface area contributed by atoms with E-state index < -0.39 is 0 Å². The second-order valence-electron chi connectivity index (χ2n) is 7.90. The molecule has 0 aliphatic carbocycles. The first-order valence-corrected chi connectivity index (χ1v) is 10.9. The lowest BCUT2D eigenvalue weighted by atomic mass is 10.3. The lowest BCUT2D eigenvalue weighted by Gasteiger charge is -2.31. The third-order valence-corrected chi connectivity index (χ3v) is 5.10. The number of benzene rings is 2. The van der Waals surface area contributed by atoms with Gasteiger partial charge >= 0.3 is 0 Å². The van der Waals surface area contributed by atoms with Crippen LogP contribution < -0.4 is 20.1 Å². The Labute approximate surface area is 187 Å². The lowest BCUT2D eigenvalue weighted by molar-refractivity contribution is 0.0763. The highest BCUT2D eigenvalue weighted by Gasteiger charge is 2.13. The average molecular weight is 430 g/mol. The third kappa shape index (κ3) is 9.91. The number of rotatable bonds is 9. The van der Waals surface area contributed by atoms with Gasteiger partial charge in [-0.15, -0.1) is 0 Å². The largest absolute Gasteiger partial charge is 0.492 e. The first-order chi connectivity index (χ1) is 15.0. The molecular weight excluding hydrogens is 390 g/mol. The number of anilines is 2. The number of hydrogen-bond donors (Lipinski definition) is 2. The molecule has 2 aromatic carbocycles. The first kappa shape index (κ1) is 24.8. The van der Waals surface area contributed by atoms with Crippen LogP contribution in [0.4, 0.5) is 11.4 Å². The van der Waals surface area contributed by atoms with Gasteiger partial charge in [-0.1, -0.05) is 0 Å². The molecular formula is C24H39N5O2. The molecule has 2 aromatic rings. The van der Waals surface area contributed by atoms with E-state index in [1.807, 2.05) is 76.7 Å². The van der Waals surface area contributed by atoms with Crippen LogP contribution in [0.2, 0.25) is 0 Å². The minimum absolute atomic E-state index is 0.687. The van der Waals surface area contributed by atoms with Gasteiger partial charge in [0.15, 0.2) is 0 Å². The highest BCUT2D eigenvalue weighted by atomic mass is 16.5. The van der Waals surface area contributed by atoms with Crippen LogP contribution in [0.25, 0.3) is 0 Å². The van der Waals surface area contributed by atoms with Gasteiger partial charge in [-0.3, -0.25) is 4.90 Å². The fourth-order valence-electron chi connectivity index (χ4n) is 2.92. The molecule has 0 saturated carbocycles. The Hall–Kier alpha value is -2.48. The zero-order valence-electron chi connectivity index (χ0n) is 19.7. The van der Waals surface area contributed by atoms with E-state index in [0.717, 1.165) is 62.2 Å². The Morgan fingerprint density at radius 2 is 1.26 bits per heavy atom. The SMILES string of the molecule is CNc1ccc(OCCN(C)C)cc1.CNc1ccc(OCN2CCN(C)CC2)cc1. The first-order valence-electron chi connectivity index (χ1n) is 10.9. The quantitative estimate of drug-likeness (QED) is 0.636. The van der Waals surface area contributed by atoms with Crippen LogP contribution in [0.3, 0.4) is 0 Å². The summed E-state index contributed by atoms with van der Waals surface area (Å²) in [5.74, 6) is 1.86. The fourth-order valence-corrected chi connectivity index (χ4v) is 2.92. The van der Waals surface area contributed by atoms with Crippen LogP contribution in [0.1, 0.15) is 0 Å². The van der Waals surface area contributed by atoms with Gasteiger partial charge in [0, 0.05) is 58.2 Å². The summed E-state index contributed by atoms with van der Waals surface area (Å²) in [5.41, 5.74) is 2.21. The van der Waals surface area contributed by atoms with Crippen LogP contribution in [-0.4, -0.2) is 96.0 Å². The molecule has 0 aromatic heterocycles. The monoisotopic (exact) mass is 429 g/mol. The van der Waals surface area contributed by atoms with E-state index in [1.165, 1.54) is 0 Å². The van der Waals surface area contributed by atoms with Crippen molar-refractivity contribution in [3.63, 3.8) is 0 Å². The molecule has 1 saturated heterocycles. The average Bonchev–Trinajstić information content (AvgIpc) is 2.80. The fraction of sp³-hybridized carbons (Fsp3) is 0.500. The number of hydrogen-bond acceptors (Lipinski definition) is 7. The standard InChI is InChI=1S/C13H21N3O.C11H18N2O/c1-14-12-3-5-13(6-4-12)17-11-16-9-7-15(2)8-10-16;1-12-10-4-6-11(7-5-10)14-9-8-13(2)3/h3-6,14H,7-11H2,1-2H3;4-7,12H,8-9H2,1-3H3. The van der Waals surface area contributed by atoms with Crippen molar-refractivity contribution in [1.82, 2.24) is 14.7 Å². The topological polar surface area (TPSA) is 52.2 Å². The molecule has 0 radical (unpaired) electrons. The molecule has 0 unspecified atom stereocenters. The lowest BCUT2D eigenvalue weighted by Crippen LogP contribution is -2.45. The van der Waals surface area contributed by atoms with Crippen molar-refractivity contribution < 1.29 is 9.47 Å². The second-order valence-corrected chi connectivity index (χ2v) is 7.90. The normalized spacial score (nSPS) is 14.5. The van der Waals surface area contributed by atoms with Crippen LogP contribution in [0, 0.1) is 0 Å². The maximum Gasteiger partial charge on any atom is 0.142 e. The van der Waals surface area contributed by atoms with E-state index in [-0.39, 0.29) is 0 Å². The van der Waals surface area contributed by atoms with Gasteiger partial charge in [-0.25, -0.2) is 0 Å². The molecule has 7 nitrogen and oxygen atoms in total. The van der Waals surface area contributed by atoms with E-state index in [0.29, 0.717) is 6.73 Å². The van der Waals surface area contributed by atoms with E-state index in [9.17, 15) is 0 Å². The summed E-state index contributed by atoms with van der Waals surface area (Å²) in [6.45, 7) is 6.78. The molecule has 1 aliphatic heterocycles. The number of nitrogens with one attached hydrogen (secondary N) is 2.